The van der Waals surface area contributed by atoms with E-state index in [-0.39, 0.29) is 0 Å². The number of methoxy groups -OCH3 is 1. The van der Waals surface area contributed by atoms with Gasteiger partial charge >= 0.3 is 0 Å². The van der Waals surface area contributed by atoms with Crippen molar-refractivity contribution < 1.29 is 9.84 Å². The van der Waals surface area contributed by atoms with Crippen molar-refractivity contribution in [2.45, 2.75) is 12.5 Å². The minimum atomic E-state index is -1.26. The highest BCUT2D eigenvalue weighted by Gasteiger charge is 2.30. The monoisotopic (exact) mass is 362 g/mol. The van der Waals surface area contributed by atoms with E-state index in [1.165, 1.54) is 0 Å². The van der Waals surface area contributed by atoms with Crippen LogP contribution in [0.5, 0.6) is 5.75 Å². The topological polar surface area (TPSA) is 55.2 Å². The third-order valence-electron chi connectivity index (χ3n) is 4.50. The molecular formula is C21H18N2O2S. The molecule has 2 aromatic heterocycles. The van der Waals surface area contributed by atoms with Gasteiger partial charge < -0.3 is 9.84 Å². The van der Waals surface area contributed by atoms with Crippen molar-refractivity contribution in [1.82, 2.24) is 9.97 Å². The van der Waals surface area contributed by atoms with Crippen LogP contribution in [0.1, 0.15) is 18.2 Å². The zero-order valence-electron chi connectivity index (χ0n) is 14.5. The van der Waals surface area contributed by atoms with Crippen molar-refractivity contribution in [3.63, 3.8) is 0 Å². The number of para-hydroxylation sites is 1. The highest BCUT2D eigenvalue weighted by molar-refractivity contribution is 7.08. The van der Waals surface area contributed by atoms with Crippen LogP contribution in [-0.2, 0) is 5.60 Å². The number of aromatic nitrogens is 2. The van der Waals surface area contributed by atoms with Crippen molar-refractivity contribution in [3.05, 3.63) is 76.6 Å². The zero-order valence-corrected chi connectivity index (χ0v) is 15.3. The quantitative estimate of drug-likeness (QED) is 0.575. The number of hydrogen-bond donors (Lipinski definition) is 1. The van der Waals surface area contributed by atoms with E-state index in [0.29, 0.717) is 11.5 Å². The Labute approximate surface area is 155 Å². The maximum absolute atomic E-state index is 11.4. The molecule has 0 fully saturated rings. The maximum atomic E-state index is 11.4. The molecular weight excluding hydrogens is 344 g/mol. The number of hydrogen-bond acceptors (Lipinski definition) is 5. The number of nitrogens with zero attached hydrogens (tertiary/aromatic N) is 2. The standard InChI is InChI=1S/C21H18N2O2S/c1-21(24,15-7-9-16(25-2)10-8-15)19-17-5-3-4-6-18(17)22-20(23-19)14-11-12-26-13-14/h3-13,24H,1-2H3. The Morgan fingerprint density at radius 2 is 1.77 bits per heavy atom. The highest BCUT2D eigenvalue weighted by atomic mass is 32.1. The summed E-state index contributed by atoms with van der Waals surface area (Å²) in [5.41, 5.74) is 1.84. The molecule has 0 radical (unpaired) electrons. The third-order valence-corrected chi connectivity index (χ3v) is 5.18. The largest absolute Gasteiger partial charge is 0.497 e. The molecule has 2 heterocycles. The van der Waals surface area contributed by atoms with Crippen molar-refractivity contribution in [3.8, 4) is 17.1 Å². The van der Waals surface area contributed by atoms with Crippen molar-refractivity contribution in [1.29, 1.82) is 0 Å². The normalized spacial score (nSPS) is 13.5. The van der Waals surface area contributed by atoms with Crippen molar-refractivity contribution in [2.24, 2.45) is 0 Å². The Morgan fingerprint density at radius 1 is 1.00 bits per heavy atom. The molecule has 0 amide bonds. The van der Waals surface area contributed by atoms with Gasteiger partial charge in [-0.3, -0.25) is 0 Å². The van der Waals surface area contributed by atoms with Crippen LogP contribution in [0.15, 0.2) is 65.4 Å². The van der Waals surface area contributed by atoms with E-state index < -0.39 is 5.60 Å². The summed E-state index contributed by atoms with van der Waals surface area (Å²) < 4.78 is 5.22. The second-order valence-electron chi connectivity index (χ2n) is 6.23. The summed E-state index contributed by atoms with van der Waals surface area (Å²) in [5, 5.41) is 16.3. The van der Waals surface area contributed by atoms with Gasteiger partial charge in [-0.05, 0) is 42.1 Å². The summed E-state index contributed by atoms with van der Waals surface area (Å²) in [6.07, 6.45) is 0. The number of rotatable bonds is 4. The maximum Gasteiger partial charge on any atom is 0.161 e. The third kappa shape index (κ3) is 2.85. The minimum Gasteiger partial charge on any atom is -0.497 e. The predicted molar refractivity (Wildman–Crippen MR) is 105 cm³/mol. The van der Waals surface area contributed by atoms with Crippen LogP contribution in [-0.4, -0.2) is 22.2 Å². The Kier molecular flexibility index (Phi) is 4.18. The fourth-order valence-corrected chi connectivity index (χ4v) is 3.66. The van der Waals surface area contributed by atoms with Crippen LogP contribution in [0.3, 0.4) is 0 Å². The van der Waals surface area contributed by atoms with Gasteiger partial charge in [0.25, 0.3) is 0 Å². The van der Waals surface area contributed by atoms with Crippen LogP contribution >= 0.6 is 11.3 Å². The fraction of sp³-hybridized carbons (Fsp3) is 0.143. The van der Waals surface area contributed by atoms with Gasteiger partial charge in [0, 0.05) is 16.3 Å². The summed E-state index contributed by atoms with van der Waals surface area (Å²) >= 11 is 1.60. The Balaban J connectivity index is 1.93. The molecule has 4 rings (SSSR count). The summed E-state index contributed by atoms with van der Waals surface area (Å²) in [5.74, 6) is 1.37. The number of fused-ring (bicyclic) bond motifs is 1. The van der Waals surface area contributed by atoms with Gasteiger partial charge in [-0.2, -0.15) is 11.3 Å². The van der Waals surface area contributed by atoms with Gasteiger partial charge in [-0.25, -0.2) is 9.97 Å². The van der Waals surface area contributed by atoms with Crippen molar-refractivity contribution >= 4 is 22.2 Å². The molecule has 0 aliphatic rings. The zero-order chi connectivity index (χ0) is 18.1. The van der Waals surface area contributed by atoms with Crippen LogP contribution < -0.4 is 4.74 Å². The molecule has 0 spiro atoms. The SMILES string of the molecule is COc1ccc(C(C)(O)c2nc(-c3ccsc3)nc3ccccc23)cc1. The first-order chi connectivity index (χ1) is 12.6. The fourth-order valence-electron chi connectivity index (χ4n) is 3.02. The lowest BCUT2D eigenvalue weighted by molar-refractivity contribution is 0.0991. The second-order valence-corrected chi connectivity index (χ2v) is 7.01. The summed E-state index contributed by atoms with van der Waals surface area (Å²) in [6, 6.07) is 17.2. The van der Waals surface area contributed by atoms with E-state index in [1.54, 1.807) is 25.4 Å². The van der Waals surface area contributed by atoms with E-state index in [9.17, 15) is 5.11 Å². The van der Waals surface area contributed by atoms with Gasteiger partial charge in [0.05, 0.1) is 18.3 Å². The predicted octanol–water partition coefficient (Wildman–Crippen LogP) is 4.62. The molecule has 4 nitrogen and oxygen atoms in total. The second kappa shape index (κ2) is 6.52. The van der Waals surface area contributed by atoms with E-state index >= 15 is 0 Å². The number of aliphatic hydroxyl groups is 1. The smallest absolute Gasteiger partial charge is 0.161 e. The number of thiophene rings is 1. The number of ether oxygens (including phenoxy) is 1. The van der Waals surface area contributed by atoms with E-state index in [2.05, 4.69) is 4.98 Å². The first-order valence-electron chi connectivity index (χ1n) is 8.26. The first-order valence-corrected chi connectivity index (χ1v) is 9.20. The molecule has 1 unspecified atom stereocenters. The lowest BCUT2D eigenvalue weighted by Gasteiger charge is -2.25. The molecule has 1 N–H and O–H groups in total. The van der Waals surface area contributed by atoms with Crippen LogP contribution in [0, 0.1) is 0 Å². The van der Waals surface area contributed by atoms with Gasteiger partial charge in [0.1, 0.15) is 11.4 Å². The van der Waals surface area contributed by atoms with Crippen LogP contribution in [0.25, 0.3) is 22.3 Å². The van der Waals surface area contributed by atoms with Crippen LogP contribution in [0.4, 0.5) is 0 Å². The van der Waals surface area contributed by atoms with Gasteiger partial charge in [0.2, 0.25) is 0 Å². The molecule has 26 heavy (non-hydrogen) atoms. The van der Waals surface area contributed by atoms with Gasteiger partial charge in [0.15, 0.2) is 5.82 Å². The first kappa shape index (κ1) is 16.7. The molecule has 0 saturated heterocycles. The average molecular weight is 362 g/mol. The summed E-state index contributed by atoms with van der Waals surface area (Å²) in [6.45, 7) is 1.76. The van der Waals surface area contributed by atoms with Crippen LogP contribution in [0.2, 0.25) is 0 Å². The minimum absolute atomic E-state index is 0.592. The molecule has 0 aliphatic carbocycles. The lowest BCUT2D eigenvalue weighted by atomic mass is 9.89. The molecule has 2 aromatic carbocycles. The van der Waals surface area contributed by atoms with Gasteiger partial charge in [-0.1, -0.05) is 30.3 Å². The molecule has 5 heteroatoms. The van der Waals surface area contributed by atoms with Gasteiger partial charge in [-0.15, -0.1) is 0 Å². The highest BCUT2D eigenvalue weighted by Crippen LogP contribution is 2.34. The Bertz CT molecular complexity index is 1040. The summed E-state index contributed by atoms with van der Waals surface area (Å²) in [7, 11) is 1.62. The van der Waals surface area contributed by atoms with E-state index in [4.69, 9.17) is 9.72 Å². The molecule has 4 aromatic rings. The van der Waals surface area contributed by atoms with E-state index in [0.717, 1.165) is 27.8 Å². The van der Waals surface area contributed by atoms with E-state index in [1.807, 2.05) is 65.4 Å². The van der Waals surface area contributed by atoms with Crippen molar-refractivity contribution in [2.75, 3.05) is 7.11 Å². The molecule has 130 valence electrons. The molecule has 1 atom stereocenters. The Hall–Kier alpha value is -2.76. The summed E-state index contributed by atoms with van der Waals surface area (Å²) in [4.78, 5) is 9.43. The molecule has 0 bridgehead atoms. The molecule has 0 aliphatic heterocycles. The number of benzene rings is 2. The lowest BCUT2D eigenvalue weighted by Crippen LogP contribution is -2.25. The average Bonchev–Trinajstić information content (AvgIpc) is 3.22. The molecule has 0 saturated carbocycles. The Morgan fingerprint density at radius 3 is 2.46 bits per heavy atom.